The molecule has 6 nitrogen and oxygen atoms in total. The van der Waals surface area contributed by atoms with Gasteiger partial charge in [0.15, 0.2) is 0 Å². The monoisotopic (exact) mass is 318 g/mol. The van der Waals surface area contributed by atoms with E-state index in [-0.39, 0.29) is 6.42 Å². The van der Waals surface area contributed by atoms with Crippen LogP contribution in [0, 0.1) is 0 Å². The number of rotatable bonds is 6. The maximum atomic E-state index is 12.8. The van der Waals surface area contributed by atoms with E-state index >= 15 is 0 Å². The van der Waals surface area contributed by atoms with Crippen LogP contribution in [0.15, 0.2) is 24.3 Å². The van der Waals surface area contributed by atoms with Crippen molar-refractivity contribution < 1.29 is 32.7 Å². The Hall–Kier alpha value is -2.58. The molecule has 0 fully saturated rings. The van der Waals surface area contributed by atoms with E-state index in [0.29, 0.717) is 0 Å². The van der Waals surface area contributed by atoms with E-state index in [1.807, 2.05) is 5.32 Å². The summed E-state index contributed by atoms with van der Waals surface area (Å²) in [5.41, 5.74) is 3.18. The molecular formula is C13H13F3N2O4. The Morgan fingerprint density at radius 1 is 1.23 bits per heavy atom. The summed E-state index contributed by atoms with van der Waals surface area (Å²) < 4.78 is 38.4. The summed E-state index contributed by atoms with van der Waals surface area (Å²) in [6, 6.07) is 2.67. The molecule has 0 saturated heterocycles. The Kier molecular flexibility index (Phi) is 5.50. The van der Waals surface area contributed by atoms with E-state index in [0.717, 1.165) is 18.2 Å². The molecule has 0 heterocycles. The third kappa shape index (κ3) is 4.76. The first-order chi connectivity index (χ1) is 10.1. The molecule has 4 N–H and O–H groups in total. The number of primary amides is 1. The van der Waals surface area contributed by atoms with Crippen molar-refractivity contribution in [3.63, 3.8) is 0 Å². The Morgan fingerprint density at radius 2 is 1.82 bits per heavy atom. The molecule has 0 bridgehead atoms. The molecule has 0 radical (unpaired) electrons. The van der Waals surface area contributed by atoms with Crippen LogP contribution in [0.4, 0.5) is 13.2 Å². The zero-order valence-corrected chi connectivity index (χ0v) is 11.2. The minimum absolute atomic E-state index is 0.315. The van der Waals surface area contributed by atoms with Gasteiger partial charge in [0.1, 0.15) is 6.04 Å². The highest BCUT2D eigenvalue weighted by atomic mass is 19.4. The largest absolute Gasteiger partial charge is 0.481 e. The van der Waals surface area contributed by atoms with Crippen LogP contribution in [0.5, 0.6) is 0 Å². The van der Waals surface area contributed by atoms with Crippen molar-refractivity contribution in [3.8, 4) is 0 Å². The van der Waals surface area contributed by atoms with Crippen LogP contribution in [0.3, 0.4) is 0 Å². The first kappa shape index (κ1) is 17.5. The predicted octanol–water partition coefficient (Wildman–Crippen LogP) is 1.15. The third-order valence-corrected chi connectivity index (χ3v) is 2.77. The maximum Gasteiger partial charge on any atom is 0.417 e. The van der Waals surface area contributed by atoms with Crippen LogP contribution in [0.1, 0.15) is 28.8 Å². The molecule has 1 rings (SSSR count). The number of carboxylic acid groups (broad SMARTS) is 1. The number of nitrogens with one attached hydrogen (secondary N) is 1. The van der Waals surface area contributed by atoms with E-state index in [4.69, 9.17) is 10.8 Å². The fraction of sp³-hybridized carbons (Fsp3) is 0.308. The number of hydrogen-bond donors (Lipinski definition) is 3. The van der Waals surface area contributed by atoms with Crippen molar-refractivity contribution in [2.75, 3.05) is 0 Å². The highest BCUT2D eigenvalue weighted by molar-refractivity contribution is 5.98. The summed E-state index contributed by atoms with van der Waals surface area (Å²) in [7, 11) is 0. The van der Waals surface area contributed by atoms with E-state index in [1.54, 1.807) is 0 Å². The zero-order valence-electron chi connectivity index (χ0n) is 11.2. The fourth-order valence-electron chi connectivity index (χ4n) is 1.72. The van der Waals surface area contributed by atoms with Crippen LogP contribution >= 0.6 is 0 Å². The van der Waals surface area contributed by atoms with Crippen molar-refractivity contribution in [3.05, 3.63) is 35.4 Å². The van der Waals surface area contributed by atoms with Gasteiger partial charge in [-0.1, -0.05) is 12.1 Å². The number of carbonyl (C=O) groups is 3. The summed E-state index contributed by atoms with van der Waals surface area (Å²) in [4.78, 5) is 33.5. The molecule has 0 aliphatic rings. The minimum Gasteiger partial charge on any atom is -0.481 e. The quantitative estimate of drug-likeness (QED) is 0.731. The minimum atomic E-state index is -4.74. The molecule has 1 atom stereocenters. The lowest BCUT2D eigenvalue weighted by molar-refractivity contribution is -0.138. The lowest BCUT2D eigenvalue weighted by atomic mass is 10.0. The Bertz CT molecular complexity index is 587. The lowest BCUT2D eigenvalue weighted by Gasteiger charge is -2.17. The average molecular weight is 318 g/mol. The summed E-state index contributed by atoms with van der Waals surface area (Å²) in [6.45, 7) is 0. The van der Waals surface area contributed by atoms with Gasteiger partial charge in [-0.3, -0.25) is 14.4 Å². The summed E-state index contributed by atoms with van der Waals surface area (Å²) in [5, 5.41) is 10.6. The SMILES string of the molecule is NC(=O)[C@@H](CCC(=O)O)NC(=O)c1ccccc1C(F)(F)F. The number of aliphatic carboxylic acids is 1. The van der Waals surface area contributed by atoms with Crippen molar-refractivity contribution in [1.29, 1.82) is 0 Å². The van der Waals surface area contributed by atoms with E-state index in [2.05, 4.69) is 0 Å². The zero-order chi connectivity index (χ0) is 16.9. The number of carbonyl (C=O) groups excluding carboxylic acids is 2. The fourth-order valence-corrected chi connectivity index (χ4v) is 1.72. The maximum absolute atomic E-state index is 12.8. The molecule has 0 saturated carbocycles. The van der Waals surface area contributed by atoms with Crippen molar-refractivity contribution in [2.45, 2.75) is 25.1 Å². The second-order valence-corrected chi connectivity index (χ2v) is 4.40. The van der Waals surface area contributed by atoms with Crippen molar-refractivity contribution >= 4 is 17.8 Å². The Labute approximate surface area is 123 Å². The Balaban J connectivity index is 2.96. The molecule has 1 aromatic rings. The molecule has 0 aliphatic heterocycles. The molecule has 0 unspecified atom stereocenters. The van der Waals surface area contributed by atoms with Crippen molar-refractivity contribution in [1.82, 2.24) is 5.32 Å². The van der Waals surface area contributed by atoms with Gasteiger partial charge in [-0.05, 0) is 18.6 Å². The number of carboxylic acids is 1. The van der Waals surface area contributed by atoms with Gasteiger partial charge in [-0.25, -0.2) is 0 Å². The number of benzene rings is 1. The average Bonchev–Trinajstić information content (AvgIpc) is 2.41. The number of hydrogen-bond acceptors (Lipinski definition) is 3. The summed E-state index contributed by atoms with van der Waals surface area (Å²) >= 11 is 0. The second-order valence-electron chi connectivity index (χ2n) is 4.40. The van der Waals surface area contributed by atoms with E-state index < -0.39 is 47.5 Å². The van der Waals surface area contributed by atoms with Gasteiger partial charge < -0.3 is 16.2 Å². The molecule has 9 heteroatoms. The number of halogens is 3. The molecule has 0 spiro atoms. The number of amides is 2. The number of alkyl halides is 3. The third-order valence-electron chi connectivity index (χ3n) is 2.77. The highest BCUT2D eigenvalue weighted by Gasteiger charge is 2.35. The van der Waals surface area contributed by atoms with Crippen LogP contribution < -0.4 is 11.1 Å². The first-order valence-electron chi connectivity index (χ1n) is 6.11. The predicted molar refractivity (Wildman–Crippen MR) is 68.8 cm³/mol. The molecule has 1 aromatic carbocycles. The van der Waals surface area contributed by atoms with Gasteiger partial charge >= 0.3 is 12.1 Å². The molecule has 22 heavy (non-hydrogen) atoms. The van der Waals surface area contributed by atoms with Gasteiger partial charge in [0.2, 0.25) is 5.91 Å². The van der Waals surface area contributed by atoms with Crippen LogP contribution in [-0.2, 0) is 15.8 Å². The van der Waals surface area contributed by atoms with Gasteiger partial charge in [0.05, 0.1) is 11.1 Å². The van der Waals surface area contributed by atoms with Crippen LogP contribution in [0.2, 0.25) is 0 Å². The molecule has 0 aliphatic carbocycles. The molecule has 2 amide bonds. The van der Waals surface area contributed by atoms with Gasteiger partial charge in [0.25, 0.3) is 5.91 Å². The summed E-state index contributed by atoms with van der Waals surface area (Å²) in [5.74, 6) is -3.41. The molecule has 120 valence electrons. The smallest absolute Gasteiger partial charge is 0.417 e. The summed E-state index contributed by atoms with van der Waals surface area (Å²) in [6.07, 6.45) is -5.52. The van der Waals surface area contributed by atoms with Crippen molar-refractivity contribution in [2.24, 2.45) is 5.73 Å². The number of nitrogens with two attached hydrogens (primary N) is 1. The van der Waals surface area contributed by atoms with Crippen LogP contribution in [0.25, 0.3) is 0 Å². The second kappa shape index (κ2) is 6.92. The molecular weight excluding hydrogens is 305 g/mol. The lowest BCUT2D eigenvalue weighted by Crippen LogP contribution is -2.45. The van der Waals surface area contributed by atoms with Gasteiger partial charge in [-0.2, -0.15) is 13.2 Å². The molecule has 0 aromatic heterocycles. The topological polar surface area (TPSA) is 109 Å². The standard InChI is InChI=1S/C13H13F3N2O4/c14-13(15,16)8-4-2-1-3-7(8)12(22)18-9(11(17)21)5-6-10(19)20/h1-4,9H,5-6H2,(H2,17,21)(H,18,22)(H,19,20)/t9-/m1/s1. The van der Waals surface area contributed by atoms with Gasteiger partial charge in [-0.15, -0.1) is 0 Å². The van der Waals surface area contributed by atoms with E-state index in [9.17, 15) is 27.6 Å². The van der Waals surface area contributed by atoms with Crippen LogP contribution in [-0.4, -0.2) is 28.9 Å². The Morgan fingerprint density at radius 3 is 2.32 bits per heavy atom. The van der Waals surface area contributed by atoms with Gasteiger partial charge in [0, 0.05) is 6.42 Å². The van der Waals surface area contributed by atoms with E-state index in [1.165, 1.54) is 6.07 Å². The normalized spacial score (nSPS) is 12.5. The first-order valence-corrected chi connectivity index (χ1v) is 6.11. The highest BCUT2D eigenvalue weighted by Crippen LogP contribution is 2.31.